The van der Waals surface area contributed by atoms with Gasteiger partial charge in [0.05, 0.1) is 12.5 Å². The zero-order valence-corrected chi connectivity index (χ0v) is 14.4. The van der Waals surface area contributed by atoms with E-state index in [0.29, 0.717) is 19.6 Å². The summed E-state index contributed by atoms with van der Waals surface area (Å²) in [6, 6.07) is -0.426. The predicted molar refractivity (Wildman–Crippen MR) is 84.7 cm³/mol. The van der Waals surface area contributed by atoms with E-state index in [0.717, 1.165) is 12.8 Å². The molecule has 7 heteroatoms. The second kappa shape index (κ2) is 6.86. The third-order valence-corrected chi connectivity index (χ3v) is 4.21. The molecule has 0 aliphatic carbocycles. The van der Waals surface area contributed by atoms with Crippen molar-refractivity contribution in [2.75, 3.05) is 26.7 Å². The van der Waals surface area contributed by atoms with Crippen molar-refractivity contribution in [3.63, 3.8) is 0 Å². The molecular weight excluding hydrogens is 298 g/mol. The van der Waals surface area contributed by atoms with Crippen LogP contribution in [0.15, 0.2) is 0 Å². The smallest absolute Gasteiger partial charge is 0.410 e. The van der Waals surface area contributed by atoms with Crippen LogP contribution in [0.1, 0.15) is 40.0 Å². The molecular formula is C16H27N3O4. The van der Waals surface area contributed by atoms with Gasteiger partial charge >= 0.3 is 6.09 Å². The van der Waals surface area contributed by atoms with E-state index in [1.165, 1.54) is 11.9 Å². The van der Waals surface area contributed by atoms with Crippen molar-refractivity contribution in [3.05, 3.63) is 0 Å². The normalized spacial score (nSPS) is 25.9. The van der Waals surface area contributed by atoms with Gasteiger partial charge in [-0.1, -0.05) is 0 Å². The molecule has 2 fully saturated rings. The number of carbonyl (C=O) groups excluding carboxylic acids is 3. The second-order valence-electron chi connectivity index (χ2n) is 7.39. The van der Waals surface area contributed by atoms with Gasteiger partial charge in [0.15, 0.2) is 0 Å². The Kier molecular flexibility index (Phi) is 5.29. The summed E-state index contributed by atoms with van der Waals surface area (Å²) in [7, 11) is 1.51. The average Bonchev–Trinajstić information content (AvgIpc) is 2.71. The Bertz CT molecular complexity index is 486. The molecule has 0 spiro atoms. The van der Waals surface area contributed by atoms with Crippen LogP contribution in [0.4, 0.5) is 4.79 Å². The molecule has 23 heavy (non-hydrogen) atoms. The maximum Gasteiger partial charge on any atom is 0.410 e. The van der Waals surface area contributed by atoms with Gasteiger partial charge < -0.3 is 15.0 Å². The molecule has 2 atom stereocenters. The molecule has 130 valence electrons. The van der Waals surface area contributed by atoms with Gasteiger partial charge in [0.1, 0.15) is 5.60 Å². The van der Waals surface area contributed by atoms with Crippen molar-refractivity contribution in [3.8, 4) is 0 Å². The van der Waals surface area contributed by atoms with E-state index in [4.69, 9.17) is 4.74 Å². The van der Waals surface area contributed by atoms with Crippen molar-refractivity contribution < 1.29 is 19.1 Å². The Morgan fingerprint density at radius 2 is 2.04 bits per heavy atom. The van der Waals surface area contributed by atoms with Gasteiger partial charge in [-0.25, -0.2) is 4.79 Å². The van der Waals surface area contributed by atoms with E-state index >= 15 is 0 Å². The van der Waals surface area contributed by atoms with Crippen LogP contribution in [0, 0.1) is 5.92 Å². The van der Waals surface area contributed by atoms with Gasteiger partial charge in [-0.2, -0.15) is 0 Å². The molecule has 0 aromatic carbocycles. The average molecular weight is 325 g/mol. The first-order chi connectivity index (χ1) is 10.7. The van der Waals surface area contributed by atoms with E-state index in [9.17, 15) is 14.4 Å². The summed E-state index contributed by atoms with van der Waals surface area (Å²) in [4.78, 5) is 38.4. The van der Waals surface area contributed by atoms with E-state index in [-0.39, 0.29) is 30.2 Å². The summed E-state index contributed by atoms with van der Waals surface area (Å²) in [6.45, 7) is 7.51. The van der Waals surface area contributed by atoms with Crippen LogP contribution in [-0.4, -0.2) is 66.0 Å². The Morgan fingerprint density at radius 3 is 2.61 bits per heavy atom. The molecule has 2 saturated heterocycles. The minimum atomic E-state index is -0.497. The number of likely N-dealkylation sites (N-methyl/N-ethyl adjacent to an activating group) is 1. The lowest BCUT2D eigenvalue weighted by molar-refractivity contribution is -0.137. The first-order valence-corrected chi connectivity index (χ1v) is 8.19. The second-order valence-corrected chi connectivity index (χ2v) is 7.39. The lowest BCUT2D eigenvalue weighted by Crippen LogP contribution is -2.47. The maximum absolute atomic E-state index is 12.1. The topological polar surface area (TPSA) is 79.0 Å². The lowest BCUT2D eigenvalue weighted by Gasteiger charge is -2.34. The van der Waals surface area contributed by atoms with Gasteiger partial charge in [-0.05, 0) is 39.5 Å². The summed E-state index contributed by atoms with van der Waals surface area (Å²) >= 11 is 0. The van der Waals surface area contributed by atoms with Gasteiger partial charge in [-0.15, -0.1) is 0 Å². The number of rotatable bonds is 3. The fourth-order valence-electron chi connectivity index (χ4n) is 2.95. The van der Waals surface area contributed by atoms with Gasteiger partial charge in [-0.3, -0.25) is 14.5 Å². The molecule has 2 heterocycles. The number of hydrogen-bond acceptors (Lipinski definition) is 5. The first kappa shape index (κ1) is 17.7. The number of hydrogen-bond donors (Lipinski definition) is 1. The van der Waals surface area contributed by atoms with E-state index in [1.807, 2.05) is 20.8 Å². The minimum Gasteiger partial charge on any atom is -0.444 e. The van der Waals surface area contributed by atoms with Crippen LogP contribution >= 0.6 is 0 Å². The highest BCUT2D eigenvalue weighted by atomic mass is 16.6. The Morgan fingerprint density at radius 1 is 1.35 bits per heavy atom. The van der Waals surface area contributed by atoms with Gasteiger partial charge in [0, 0.05) is 26.7 Å². The lowest BCUT2D eigenvalue weighted by atomic mass is 9.98. The predicted octanol–water partition coefficient (Wildman–Crippen LogP) is 0.980. The standard InChI is InChI=1S/C16H27N3O4/c1-16(2,3)23-15(22)19-7-5-6-11(10-19)9-17-12-8-13(20)18(4)14(12)21/h11-12,17H,5-10H2,1-4H3. The number of ether oxygens (including phenoxy) is 1. The number of amides is 3. The third kappa shape index (κ3) is 4.67. The molecule has 2 aliphatic heterocycles. The molecule has 0 radical (unpaired) electrons. The van der Waals surface area contributed by atoms with Crippen LogP contribution in [0.5, 0.6) is 0 Å². The van der Waals surface area contributed by atoms with Crippen molar-refractivity contribution >= 4 is 17.9 Å². The molecule has 0 aromatic heterocycles. The first-order valence-electron chi connectivity index (χ1n) is 8.19. The molecule has 0 aromatic rings. The molecule has 0 saturated carbocycles. The SMILES string of the molecule is CN1C(=O)CC(NCC2CCCN(C(=O)OC(C)(C)C)C2)C1=O. The Labute approximate surface area is 137 Å². The van der Waals surface area contributed by atoms with Gasteiger partial charge in [0.2, 0.25) is 11.8 Å². The van der Waals surface area contributed by atoms with Crippen LogP contribution < -0.4 is 5.32 Å². The zero-order chi connectivity index (χ0) is 17.2. The fourth-order valence-corrected chi connectivity index (χ4v) is 2.95. The molecule has 3 amide bonds. The monoisotopic (exact) mass is 325 g/mol. The minimum absolute atomic E-state index is 0.147. The number of imide groups is 1. The summed E-state index contributed by atoms with van der Waals surface area (Å²) in [5.74, 6) is -0.0496. The number of nitrogens with zero attached hydrogens (tertiary/aromatic N) is 2. The Hall–Kier alpha value is -1.63. The van der Waals surface area contributed by atoms with Crippen molar-refractivity contribution in [1.29, 1.82) is 0 Å². The van der Waals surface area contributed by atoms with Crippen molar-refractivity contribution in [2.45, 2.75) is 51.7 Å². The van der Waals surface area contributed by atoms with Crippen LogP contribution in [0.25, 0.3) is 0 Å². The van der Waals surface area contributed by atoms with Crippen molar-refractivity contribution in [1.82, 2.24) is 15.1 Å². The quantitative estimate of drug-likeness (QED) is 0.783. The van der Waals surface area contributed by atoms with Crippen molar-refractivity contribution in [2.24, 2.45) is 5.92 Å². The highest BCUT2D eigenvalue weighted by Crippen LogP contribution is 2.20. The molecule has 7 nitrogen and oxygen atoms in total. The highest BCUT2D eigenvalue weighted by Gasteiger charge is 2.36. The molecule has 0 bridgehead atoms. The summed E-state index contributed by atoms with van der Waals surface area (Å²) < 4.78 is 5.41. The summed E-state index contributed by atoms with van der Waals surface area (Å²) in [5, 5.41) is 3.18. The number of likely N-dealkylation sites (tertiary alicyclic amines) is 2. The fraction of sp³-hybridized carbons (Fsp3) is 0.812. The van der Waals surface area contributed by atoms with Crippen LogP contribution in [-0.2, 0) is 14.3 Å². The number of piperidine rings is 1. The largest absolute Gasteiger partial charge is 0.444 e. The van der Waals surface area contributed by atoms with Gasteiger partial charge in [0.25, 0.3) is 0 Å². The van der Waals surface area contributed by atoms with E-state index < -0.39 is 11.6 Å². The maximum atomic E-state index is 12.1. The molecule has 2 rings (SSSR count). The molecule has 2 aliphatic rings. The zero-order valence-electron chi connectivity index (χ0n) is 14.4. The van der Waals surface area contributed by atoms with E-state index in [2.05, 4.69) is 5.32 Å². The van der Waals surface area contributed by atoms with Crippen LogP contribution in [0.2, 0.25) is 0 Å². The highest BCUT2D eigenvalue weighted by molar-refractivity contribution is 6.05. The summed E-state index contributed by atoms with van der Waals surface area (Å²) in [6.07, 6.45) is 1.85. The van der Waals surface area contributed by atoms with Crippen LogP contribution in [0.3, 0.4) is 0 Å². The third-order valence-electron chi connectivity index (χ3n) is 4.21. The molecule has 2 unspecified atom stereocenters. The molecule has 1 N–H and O–H groups in total. The Balaban J connectivity index is 1.81. The number of nitrogens with one attached hydrogen (secondary N) is 1. The summed E-state index contributed by atoms with van der Waals surface area (Å²) in [5.41, 5.74) is -0.497. The van der Waals surface area contributed by atoms with E-state index in [1.54, 1.807) is 4.90 Å². The number of carbonyl (C=O) groups is 3.